The van der Waals surface area contributed by atoms with E-state index in [0.717, 1.165) is 39.0 Å². The molecule has 24 heavy (non-hydrogen) atoms. The Balaban J connectivity index is 1.78. The summed E-state index contributed by atoms with van der Waals surface area (Å²) < 4.78 is 1.61. The molecule has 2 rings (SSSR count). The molecule has 1 aromatic heterocycles. The maximum Gasteiger partial charge on any atom is 0.247 e. The second-order valence-corrected chi connectivity index (χ2v) is 6.49. The quantitative estimate of drug-likeness (QED) is 0.798. The molecule has 1 unspecified atom stereocenters. The summed E-state index contributed by atoms with van der Waals surface area (Å²) in [5, 5.41) is 7.46. The van der Waals surface area contributed by atoms with Gasteiger partial charge in [-0.15, -0.1) is 0 Å². The molecule has 7 nitrogen and oxygen atoms in total. The smallest absolute Gasteiger partial charge is 0.247 e. The number of hydrogen-bond acceptors (Lipinski definition) is 4. The summed E-state index contributed by atoms with van der Waals surface area (Å²) in [5.41, 5.74) is 0. The Morgan fingerprint density at radius 2 is 2.08 bits per heavy atom. The Morgan fingerprint density at radius 1 is 1.38 bits per heavy atom. The zero-order chi connectivity index (χ0) is 17.5. The summed E-state index contributed by atoms with van der Waals surface area (Å²) in [6, 6.07) is 1.38. The molecule has 0 bridgehead atoms. The Kier molecular flexibility index (Phi) is 6.78. The first-order valence-corrected chi connectivity index (χ1v) is 8.75. The summed E-state index contributed by atoms with van der Waals surface area (Å²) in [6.07, 6.45) is 5.46. The van der Waals surface area contributed by atoms with Crippen molar-refractivity contribution in [2.45, 2.75) is 32.7 Å². The lowest BCUT2D eigenvalue weighted by molar-refractivity contribution is -0.141. The molecular formula is C17H29N5O2. The largest absolute Gasteiger partial charge is 0.341 e. The number of amides is 2. The van der Waals surface area contributed by atoms with Gasteiger partial charge in [-0.2, -0.15) is 5.10 Å². The summed E-state index contributed by atoms with van der Waals surface area (Å²) >= 11 is 0. The molecule has 1 aliphatic heterocycles. The summed E-state index contributed by atoms with van der Waals surface area (Å²) in [5.74, 6) is 0.572. The van der Waals surface area contributed by atoms with Crippen molar-refractivity contribution >= 4 is 11.8 Å². The first-order chi connectivity index (χ1) is 11.5. The van der Waals surface area contributed by atoms with E-state index in [1.54, 1.807) is 37.1 Å². The van der Waals surface area contributed by atoms with E-state index in [1.807, 2.05) is 4.90 Å². The lowest BCUT2D eigenvalue weighted by Crippen LogP contribution is -2.46. The van der Waals surface area contributed by atoms with Gasteiger partial charge in [0.25, 0.3) is 0 Å². The van der Waals surface area contributed by atoms with E-state index >= 15 is 0 Å². The Morgan fingerprint density at radius 3 is 2.67 bits per heavy atom. The van der Waals surface area contributed by atoms with Crippen LogP contribution in [-0.4, -0.2) is 71.2 Å². The van der Waals surface area contributed by atoms with Crippen molar-refractivity contribution in [1.82, 2.24) is 24.9 Å². The first-order valence-electron chi connectivity index (χ1n) is 8.75. The normalized spacial score (nSPS) is 16.9. The number of aromatic nitrogens is 2. The molecule has 2 heterocycles. The molecule has 1 fully saturated rings. The summed E-state index contributed by atoms with van der Waals surface area (Å²) in [6.45, 7) is 7.61. The van der Waals surface area contributed by atoms with Gasteiger partial charge >= 0.3 is 0 Å². The molecule has 0 aromatic carbocycles. The minimum atomic E-state index is -0.399. The van der Waals surface area contributed by atoms with Crippen LogP contribution in [0.15, 0.2) is 18.5 Å². The zero-order valence-corrected chi connectivity index (χ0v) is 14.9. The van der Waals surface area contributed by atoms with Gasteiger partial charge in [-0.1, -0.05) is 6.92 Å². The van der Waals surface area contributed by atoms with Gasteiger partial charge in [-0.05, 0) is 44.8 Å². The molecule has 1 atom stereocenters. The predicted molar refractivity (Wildman–Crippen MR) is 92.4 cm³/mol. The highest BCUT2D eigenvalue weighted by Crippen LogP contribution is 2.17. The monoisotopic (exact) mass is 335 g/mol. The third kappa shape index (κ3) is 4.80. The van der Waals surface area contributed by atoms with E-state index in [0.29, 0.717) is 5.92 Å². The van der Waals surface area contributed by atoms with Crippen molar-refractivity contribution < 1.29 is 9.59 Å². The minimum Gasteiger partial charge on any atom is -0.341 e. The molecule has 1 aliphatic rings. The molecule has 1 saturated heterocycles. The fourth-order valence-corrected chi connectivity index (χ4v) is 3.06. The number of nitrogens with one attached hydrogen (secondary N) is 1. The molecule has 134 valence electrons. The third-order valence-electron chi connectivity index (χ3n) is 4.68. The van der Waals surface area contributed by atoms with E-state index in [4.69, 9.17) is 0 Å². The molecule has 0 aliphatic carbocycles. The number of nitrogens with zero attached hydrogens (tertiary/aromatic N) is 4. The topological polar surface area (TPSA) is 70.5 Å². The van der Waals surface area contributed by atoms with E-state index in [-0.39, 0.29) is 18.4 Å². The second kappa shape index (κ2) is 8.82. The molecule has 1 N–H and O–H groups in total. The number of hydrogen-bond donors (Lipinski definition) is 1. The van der Waals surface area contributed by atoms with E-state index < -0.39 is 6.04 Å². The van der Waals surface area contributed by atoms with Crippen LogP contribution in [0, 0.1) is 5.92 Å². The highest BCUT2D eigenvalue weighted by Gasteiger charge is 2.26. The fourth-order valence-electron chi connectivity index (χ4n) is 3.06. The van der Waals surface area contributed by atoms with E-state index in [1.165, 1.54) is 4.90 Å². The maximum atomic E-state index is 12.4. The highest BCUT2D eigenvalue weighted by molar-refractivity contribution is 5.86. The van der Waals surface area contributed by atoms with Gasteiger partial charge < -0.3 is 15.1 Å². The number of carbonyl (C=O) groups excluding carboxylic acids is 2. The SMILES string of the molecule is CCNCC1CCN(C(=O)CN(C)C(=O)C(C)n2cccn2)CC1. The van der Waals surface area contributed by atoms with Crippen LogP contribution in [0.25, 0.3) is 0 Å². The summed E-state index contributed by atoms with van der Waals surface area (Å²) in [4.78, 5) is 28.2. The molecular weight excluding hydrogens is 306 g/mol. The number of carbonyl (C=O) groups is 2. The molecule has 2 amide bonds. The summed E-state index contributed by atoms with van der Waals surface area (Å²) in [7, 11) is 1.68. The number of rotatable bonds is 7. The van der Waals surface area contributed by atoms with Crippen LogP contribution in [0.3, 0.4) is 0 Å². The van der Waals surface area contributed by atoms with Crippen molar-refractivity contribution in [2.24, 2.45) is 5.92 Å². The van der Waals surface area contributed by atoms with Crippen LogP contribution in [0.2, 0.25) is 0 Å². The van der Waals surface area contributed by atoms with Gasteiger partial charge in [0.15, 0.2) is 0 Å². The van der Waals surface area contributed by atoms with E-state index in [2.05, 4.69) is 17.3 Å². The van der Waals surface area contributed by atoms with Gasteiger partial charge in [0.05, 0.1) is 6.54 Å². The van der Waals surface area contributed by atoms with Crippen LogP contribution in [0.4, 0.5) is 0 Å². The van der Waals surface area contributed by atoms with Crippen LogP contribution in [0.5, 0.6) is 0 Å². The van der Waals surface area contributed by atoms with Crippen LogP contribution >= 0.6 is 0 Å². The maximum absolute atomic E-state index is 12.4. The molecule has 0 saturated carbocycles. The molecule has 7 heteroatoms. The first kappa shape index (κ1) is 18.4. The fraction of sp³-hybridized carbons (Fsp3) is 0.706. The molecule has 0 spiro atoms. The number of piperidine rings is 1. The lowest BCUT2D eigenvalue weighted by atomic mass is 9.96. The average molecular weight is 335 g/mol. The van der Waals surface area contributed by atoms with Crippen molar-refractivity contribution in [2.75, 3.05) is 39.8 Å². The second-order valence-electron chi connectivity index (χ2n) is 6.49. The van der Waals surface area contributed by atoms with Gasteiger partial charge in [-0.25, -0.2) is 0 Å². The highest BCUT2D eigenvalue weighted by atomic mass is 16.2. The number of likely N-dealkylation sites (tertiary alicyclic amines) is 1. The van der Waals surface area contributed by atoms with Crippen molar-refractivity contribution in [1.29, 1.82) is 0 Å². The average Bonchev–Trinajstić information content (AvgIpc) is 3.13. The van der Waals surface area contributed by atoms with Crippen LogP contribution < -0.4 is 5.32 Å². The van der Waals surface area contributed by atoms with Crippen molar-refractivity contribution in [3.05, 3.63) is 18.5 Å². The van der Waals surface area contributed by atoms with Crippen LogP contribution in [-0.2, 0) is 9.59 Å². The molecule has 1 aromatic rings. The van der Waals surface area contributed by atoms with Gasteiger partial charge in [-0.3, -0.25) is 14.3 Å². The van der Waals surface area contributed by atoms with E-state index in [9.17, 15) is 9.59 Å². The Labute approximate surface area is 144 Å². The van der Waals surface area contributed by atoms with Crippen molar-refractivity contribution in [3.8, 4) is 0 Å². The van der Waals surface area contributed by atoms with Crippen LogP contribution in [0.1, 0.15) is 32.7 Å². The Hall–Kier alpha value is -1.89. The third-order valence-corrected chi connectivity index (χ3v) is 4.68. The minimum absolute atomic E-state index is 0.0282. The zero-order valence-electron chi connectivity index (χ0n) is 14.9. The Bertz CT molecular complexity index is 523. The van der Waals surface area contributed by atoms with Gasteiger partial charge in [0.2, 0.25) is 11.8 Å². The lowest BCUT2D eigenvalue weighted by Gasteiger charge is -2.33. The standard InChI is InChI=1S/C17H29N5O2/c1-4-18-12-15-6-10-21(11-7-15)16(23)13-20(3)17(24)14(2)22-9-5-8-19-22/h5,8-9,14-15,18H,4,6-7,10-13H2,1-3H3. The van der Waals surface area contributed by atoms with Crippen molar-refractivity contribution in [3.63, 3.8) is 0 Å². The van der Waals surface area contributed by atoms with Gasteiger partial charge in [0.1, 0.15) is 6.04 Å². The predicted octanol–water partition coefficient (Wildman–Crippen LogP) is 0.751. The van der Waals surface area contributed by atoms with Gasteiger partial charge in [0, 0.05) is 32.5 Å². The molecule has 0 radical (unpaired) electrons. The number of likely N-dealkylation sites (N-methyl/N-ethyl adjacent to an activating group) is 1.